The van der Waals surface area contributed by atoms with Gasteiger partial charge in [0.15, 0.2) is 0 Å². The zero-order valence-electron chi connectivity index (χ0n) is 14.7. The number of ketones is 1. The molecule has 142 valence electrons. The van der Waals surface area contributed by atoms with Crippen molar-refractivity contribution in [3.8, 4) is 0 Å². The number of carbonyl (C=O) groups excluding carboxylic acids is 3. The van der Waals surface area contributed by atoms with Crippen molar-refractivity contribution in [3.63, 3.8) is 0 Å². The van der Waals surface area contributed by atoms with Crippen LogP contribution in [0.2, 0.25) is 0 Å². The van der Waals surface area contributed by atoms with Gasteiger partial charge in [0, 0.05) is 6.08 Å². The molecule has 0 aliphatic carbocycles. The van der Waals surface area contributed by atoms with Gasteiger partial charge in [-0.3, -0.25) is 4.79 Å². The maximum Gasteiger partial charge on any atom is 0.416 e. The van der Waals surface area contributed by atoms with E-state index >= 15 is 0 Å². The first kappa shape index (κ1) is 21.4. The molecule has 0 heterocycles. The molecule has 0 aliphatic heterocycles. The van der Waals surface area contributed by atoms with Crippen LogP contribution in [0.5, 0.6) is 0 Å². The zero-order valence-corrected chi connectivity index (χ0v) is 14.7. The Kier molecular flexibility index (Phi) is 7.11. The standard InChI is InChI=1S/C18H19F3O5/c1-10(2)25-16(23)14(9-15(22)17(24)26-11(3)4)12-5-7-13(8-6-12)18(19,20)21/h5-11H,1-4H3/b14-9+. The Balaban J connectivity index is 3.25. The lowest BCUT2D eigenvalue weighted by Gasteiger charge is -2.12. The Morgan fingerprint density at radius 3 is 1.77 bits per heavy atom. The Morgan fingerprint density at radius 2 is 1.35 bits per heavy atom. The van der Waals surface area contributed by atoms with Crippen LogP contribution in [-0.2, 0) is 30.0 Å². The van der Waals surface area contributed by atoms with E-state index in [1.807, 2.05) is 0 Å². The molecule has 26 heavy (non-hydrogen) atoms. The highest BCUT2D eigenvalue weighted by molar-refractivity contribution is 6.42. The molecule has 0 aliphatic rings. The molecule has 1 rings (SSSR count). The third-order valence-electron chi connectivity index (χ3n) is 2.91. The van der Waals surface area contributed by atoms with Gasteiger partial charge in [-0.2, -0.15) is 13.2 Å². The minimum atomic E-state index is -4.54. The van der Waals surface area contributed by atoms with Crippen LogP contribution in [-0.4, -0.2) is 29.9 Å². The number of halogens is 3. The molecule has 0 atom stereocenters. The minimum Gasteiger partial charge on any atom is -0.459 e. The smallest absolute Gasteiger partial charge is 0.416 e. The van der Waals surface area contributed by atoms with Crippen molar-refractivity contribution in [2.75, 3.05) is 0 Å². The van der Waals surface area contributed by atoms with Gasteiger partial charge in [0.05, 0.1) is 23.3 Å². The van der Waals surface area contributed by atoms with Crippen molar-refractivity contribution >= 4 is 23.3 Å². The van der Waals surface area contributed by atoms with E-state index < -0.39 is 41.7 Å². The van der Waals surface area contributed by atoms with Crippen LogP contribution in [0.4, 0.5) is 13.2 Å². The van der Waals surface area contributed by atoms with E-state index in [1.165, 1.54) is 0 Å². The van der Waals surface area contributed by atoms with E-state index in [1.54, 1.807) is 27.7 Å². The molecule has 8 heteroatoms. The maximum atomic E-state index is 12.7. The molecule has 5 nitrogen and oxygen atoms in total. The molecule has 0 spiro atoms. The highest BCUT2D eigenvalue weighted by Gasteiger charge is 2.30. The van der Waals surface area contributed by atoms with Crippen molar-refractivity contribution in [1.82, 2.24) is 0 Å². The summed E-state index contributed by atoms with van der Waals surface area (Å²) in [6.45, 7) is 6.21. The second-order valence-corrected chi connectivity index (χ2v) is 5.91. The summed E-state index contributed by atoms with van der Waals surface area (Å²) < 4.78 is 47.7. The second kappa shape index (κ2) is 8.64. The molecule has 0 bridgehead atoms. The fourth-order valence-corrected chi connectivity index (χ4v) is 1.84. The summed E-state index contributed by atoms with van der Waals surface area (Å²) in [6.07, 6.45) is -4.91. The van der Waals surface area contributed by atoms with E-state index in [2.05, 4.69) is 0 Å². The second-order valence-electron chi connectivity index (χ2n) is 5.91. The highest BCUT2D eigenvalue weighted by Crippen LogP contribution is 2.30. The molecule has 0 saturated heterocycles. The molecule has 0 fully saturated rings. The van der Waals surface area contributed by atoms with Gasteiger partial charge in [-0.1, -0.05) is 12.1 Å². The number of carbonyl (C=O) groups is 3. The third kappa shape index (κ3) is 6.34. The molecule has 0 aromatic heterocycles. The largest absolute Gasteiger partial charge is 0.459 e. The van der Waals surface area contributed by atoms with Gasteiger partial charge in [0.25, 0.3) is 5.78 Å². The third-order valence-corrected chi connectivity index (χ3v) is 2.91. The van der Waals surface area contributed by atoms with Gasteiger partial charge in [0.2, 0.25) is 0 Å². The maximum absolute atomic E-state index is 12.7. The number of hydrogen-bond acceptors (Lipinski definition) is 5. The average Bonchev–Trinajstić information content (AvgIpc) is 2.50. The van der Waals surface area contributed by atoms with Crippen LogP contribution in [0.1, 0.15) is 38.8 Å². The molecule has 1 aromatic rings. The minimum absolute atomic E-state index is 0.00865. The Hall–Kier alpha value is -2.64. The summed E-state index contributed by atoms with van der Waals surface area (Å²) >= 11 is 0. The van der Waals surface area contributed by atoms with Crippen LogP contribution >= 0.6 is 0 Å². The molecule has 0 radical (unpaired) electrons. The Bertz CT molecular complexity index is 701. The van der Waals surface area contributed by atoms with E-state index in [-0.39, 0.29) is 11.1 Å². The van der Waals surface area contributed by atoms with Gasteiger partial charge in [-0.05, 0) is 45.4 Å². The zero-order chi connectivity index (χ0) is 20.1. The van der Waals surface area contributed by atoms with Crippen molar-refractivity contribution < 1.29 is 37.0 Å². The summed E-state index contributed by atoms with van der Waals surface area (Å²) in [5.74, 6) is -3.23. The Morgan fingerprint density at radius 1 is 0.885 bits per heavy atom. The highest BCUT2D eigenvalue weighted by atomic mass is 19.4. The number of alkyl halides is 3. The fourth-order valence-electron chi connectivity index (χ4n) is 1.84. The quantitative estimate of drug-likeness (QED) is 0.434. The monoisotopic (exact) mass is 372 g/mol. The summed E-state index contributed by atoms with van der Waals surface area (Å²) in [7, 11) is 0. The topological polar surface area (TPSA) is 69.7 Å². The van der Waals surface area contributed by atoms with Crippen LogP contribution in [0, 0.1) is 0 Å². The predicted molar refractivity (Wildman–Crippen MR) is 86.9 cm³/mol. The van der Waals surface area contributed by atoms with E-state index in [9.17, 15) is 27.6 Å². The van der Waals surface area contributed by atoms with E-state index in [4.69, 9.17) is 9.47 Å². The van der Waals surface area contributed by atoms with Gasteiger partial charge in [-0.25, -0.2) is 9.59 Å². The normalized spacial score (nSPS) is 12.3. The summed E-state index contributed by atoms with van der Waals surface area (Å²) in [5.41, 5.74) is -1.24. The Labute approximate surface area is 148 Å². The molecule has 0 saturated carbocycles. The SMILES string of the molecule is CC(C)OC(=O)C(=O)/C=C(/C(=O)OC(C)C)c1ccc(C(F)(F)F)cc1. The lowest BCUT2D eigenvalue weighted by molar-refractivity contribution is -0.154. The van der Waals surface area contributed by atoms with Gasteiger partial charge >= 0.3 is 18.1 Å². The summed E-state index contributed by atoms with van der Waals surface area (Å²) in [4.78, 5) is 35.8. The molecule has 0 N–H and O–H groups in total. The number of esters is 2. The van der Waals surface area contributed by atoms with Crippen molar-refractivity contribution in [3.05, 3.63) is 41.5 Å². The molecule has 1 aromatic carbocycles. The van der Waals surface area contributed by atoms with Crippen molar-refractivity contribution in [2.45, 2.75) is 46.1 Å². The van der Waals surface area contributed by atoms with Gasteiger partial charge < -0.3 is 9.47 Å². The fraction of sp³-hybridized carbons (Fsp3) is 0.389. The van der Waals surface area contributed by atoms with Crippen molar-refractivity contribution in [1.29, 1.82) is 0 Å². The first-order valence-electron chi connectivity index (χ1n) is 7.77. The summed E-state index contributed by atoms with van der Waals surface area (Å²) in [6, 6.07) is 3.58. The first-order chi connectivity index (χ1) is 11.9. The molecule has 0 unspecified atom stereocenters. The van der Waals surface area contributed by atoms with Crippen LogP contribution < -0.4 is 0 Å². The van der Waals surface area contributed by atoms with Crippen LogP contribution in [0.15, 0.2) is 30.3 Å². The number of benzene rings is 1. The lowest BCUT2D eigenvalue weighted by atomic mass is 10.0. The lowest BCUT2D eigenvalue weighted by Crippen LogP contribution is -2.21. The molecule has 0 amide bonds. The van der Waals surface area contributed by atoms with Gasteiger partial charge in [-0.15, -0.1) is 0 Å². The van der Waals surface area contributed by atoms with E-state index in [0.717, 1.165) is 24.3 Å². The predicted octanol–water partition coefficient (Wildman–Crippen LogP) is 3.56. The number of hydrogen-bond donors (Lipinski definition) is 0. The number of rotatable bonds is 6. The van der Waals surface area contributed by atoms with Crippen LogP contribution in [0.3, 0.4) is 0 Å². The molecular formula is C18H19F3O5. The van der Waals surface area contributed by atoms with E-state index in [0.29, 0.717) is 6.08 Å². The molecular weight excluding hydrogens is 353 g/mol. The average molecular weight is 372 g/mol. The summed E-state index contributed by atoms with van der Waals surface area (Å²) in [5, 5.41) is 0. The first-order valence-corrected chi connectivity index (χ1v) is 7.77. The van der Waals surface area contributed by atoms with Crippen LogP contribution in [0.25, 0.3) is 5.57 Å². The van der Waals surface area contributed by atoms with Gasteiger partial charge in [0.1, 0.15) is 0 Å². The van der Waals surface area contributed by atoms with Crippen molar-refractivity contribution in [2.24, 2.45) is 0 Å². The number of ether oxygens (including phenoxy) is 2.